The summed E-state index contributed by atoms with van der Waals surface area (Å²) >= 11 is 5.00. The molecule has 0 atom stereocenters. The second-order valence-electron chi connectivity index (χ2n) is 3.50. The van der Waals surface area contributed by atoms with Gasteiger partial charge >= 0.3 is 0 Å². The first-order valence-corrected chi connectivity index (χ1v) is 5.33. The van der Waals surface area contributed by atoms with Crippen LogP contribution in [0.25, 0.3) is 0 Å². The quantitative estimate of drug-likeness (QED) is 0.758. The number of rotatable bonds is 4. The minimum absolute atomic E-state index is 0.311. The molecule has 0 saturated carbocycles. The highest BCUT2D eigenvalue weighted by molar-refractivity contribution is 7.80. The maximum Gasteiger partial charge on any atom is 0.213 e. The van der Waals surface area contributed by atoms with Gasteiger partial charge in [0.15, 0.2) is 5.82 Å². The van der Waals surface area contributed by atoms with E-state index in [1.807, 2.05) is 14.0 Å². The third-order valence-corrected chi connectivity index (χ3v) is 2.49. The molecule has 7 nitrogen and oxygen atoms in total. The van der Waals surface area contributed by atoms with E-state index >= 15 is 0 Å². The van der Waals surface area contributed by atoms with E-state index in [9.17, 15) is 0 Å². The average molecular weight is 252 g/mol. The van der Waals surface area contributed by atoms with Gasteiger partial charge in [0.25, 0.3) is 0 Å². The van der Waals surface area contributed by atoms with E-state index in [-0.39, 0.29) is 0 Å². The van der Waals surface area contributed by atoms with Gasteiger partial charge in [0.2, 0.25) is 6.39 Å². The van der Waals surface area contributed by atoms with Crippen molar-refractivity contribution in [2.75, 3.05) is 5.32 Å². The van der Waals surface area contributed by atoms with Crippen LogP contribution in [-0.2, 0) is 13.6 Å². The van der Waals surface area contributed by atoms with Crippen LogP contribution in [0.2, 0.25) is 0 Å². The number of anilines is 1. The molecule has 0 fully saturated rings. The van der Waals surface area contributed by atoms with Crippen LogP contribution in [0.3, 0.4) is 0 Å². The highest BCUT2D eigenvalue weighted by Gasteiger charge is 2.15. The minimum atomic E-state index is 0.311. The summed E-state index contributed by atoms with van der Waals surface area (Å²) < 4.78 is 6.33. The molecule has 0 aromatic carbocycles. The Balaban J connectivity index is 2.23. The van der Waals surface area contributed by atoms with Crippen molar-refractivity contribution in [3.05, 3.63) is 23.5 Å². The fourth-order valence-electron chi connectivity index (χ4n) is 1.59. The normalized spacial score (nSPS) is 10.5. The Labute approximate surface area is 103 Å². The molecule has 0 amide bonds. The maximum atomic E-state index is 5.67. The predicted molar refractivity (Wildman–Crippen MR) is 65.5 cm³/mol. The molecule has 0 aliphatic rings. The van der Waals surface area contributed by atoms with Crippen molar-refractivity contribution in [2.45, 2.75) is 13.5 Å². The molecule has 0 bridgehead atoms. The molecule has 3 N–H and O–H groups in total. The predicted octanol–water partition coefficient (Wildman–Crippen LogP) is 0.358. The van der Waals surface area contributed by atoms with Gasteiger partial charge in [0.1, 0.15) is 10.8 Å². The Bertz CT molecular complexity index is 532. The molecule has 0 aliphatic carbocycles. The first kappa shape index (κ1) is 11.5. The molecule has 2 aromatic heterocycles. The lowest BCUT2D eigenvalue weighted by Gasteiger charge is -2.06. The van der Waals surface area contributed by atoms with Crippen molar-refractivity contribution < 1.29 is 4.52 Å². The first-order chi connectivity index (χ1) is 8.09. The van der Waals surface area contributed by atoms with E-state index in [2.05, 4.69) is 25.1 Å². The van der Waals surface area contributed by atoms with E-state index in [1.54, 1.807) is 4.68 Å². The summed E-state index contributed by atoms with van der Waals surface area (Å²) in [4.78, 5) is 4.22. The summed E-state index contributed by atoms with van der Waals surface area (Å²) in [6.45, 7) is 2.28. The summed E-state index contributed by atoms with van der Waals surface area (Å²) in [5, 5.41) is 11.1. The molecule has 8 heteroatoms. The minimum Gasteiger partial charge on any atom is -0.389 e. The van der Waals surface area contributed by atoms with E-state index < -0.39 is 0 Å². The molecule has 2 aromatic rings. The summed E-state index contributed by atoms with van der Waals surface area (Å²) in [5.41, 5.74) is 7.20. The number of aromatic nitrogens is 4. The Kier molecular flexibility index (Phi) is 3.05. The fraction of sp³-hybridized carbons (Fsp3) is 0.333. The lowest BCUT2D eigenvalue weighted by Crippen LogP contribution is -2.14. The van der Waals surface area contributed by atoms with Crippen molar-refractivity contribution in [1.82, 2.24) is 19.9 Å². The summed E-state index contributed by atoms with van der Waals surface area (Å²) in [6, 6.07) is 0. The van der Waals surface area contributed by atoms with Crippen molar-refractivity contribution in [2.24, 2.45) is 12.8 Å². The highest BCUT2D eigenvalue weighted by atomic mass is 32.1. The van der Waals surface area contributed by atoms with Crippen LogP contribution in [0.15, 0.2) is 10.9 Å². The van der Waals surface area contributed by atoms with Gasteiger partial charge in [0, 0.05) is 7.05 Å². The Morgan fingerprint density at radius 1 is 1.65 bits per heavy atom. The van der Waals surface area contributed by atoms with E-state index in [0.29, 0.717) is 17.4 Å². The van der Waals surface area contributed by atoms with Crippen molar-refractivity contribution in [3.63, 3.8) is 0 Å². The zero-order valence-corrected chi connectivity index (χ0v) is 10.3. The standard InChI is InChI=1S/C9H12N6OS/c1-5-7(8(10)17)9(15(2)13-5)11-3-6-12-4-16-14-6/h4,11H,3H2,1-2H3,(H2,10,17). The lowest BCUT2D eigenvalue weighted by molar-refractivity contribution is 0.411. The molecule has 17 heavy (non-hydrogen) atoms. The van der Waals surface area contributed by atoms with Gasteiger partial charge in [-0.25, -0.2) is 0 Å². The van der Waals surface area contributed by atoms with Crippen LogP contribution in [0.1, 0.15) is 17.1 Å². The number of thiocarbonyl (C=S) groups is 1. The second kappa shape index (κ2) is 4.50. The maximum absolute atomic E-state index is 5.67. The van der Waals surface area contributed by atoms with Gasteiger partial charge in [-0.05, 0) is 6.92 Å². The molecule has 0 unspecified atom stereocenters. The van der Waals surface area contributed by atoms with Crippen molar-refractivity contribution in [3.8, 4) is 0 Å². The number of hydrogen-bond acceptors (Lipinski definition) is 6. The van der Waals surface area contributed by atoms with Gasteiger partial charge in [-0.3, -0.25) is 4.68 Å². The first-order valence-electron chi connectivity index (χ1n) is 4.92. The molecule has 0 aliphatic heterocycles. The van der Waals surface area contributed by atoms with Crippen LogP contribution in [-0.4, -0.2) is 24.9 Å². The van der Waals surface area contributed by atoms with Crippen LogP contribution in [0.5, 0.6) is 0 Å². The van der Waals surface area contributed by atoms with Crippen molar-refractivity contribution >= 4 is 23.0 Å². The number of nitrogens with zero attached hydrogens (tertiary/aromatic N) is 4. The molecule has 0 saturated heterocycles. The largest absolute Gasteiger partial charge is 0.389 e. The van der Waals surface area contributed by atoms with Gasteiger partial charge in [-0.2, -0.15) is 10.1 Å². The zero-order valence-electron chi connectivity index (χ0n) is 9.47. The molecular formula is C9H12N6OS. The summed E-state index contributed by atoms with van der Waals surface area (Å²) in [5.74, 6) is 1.30. The molecule has 2 heterocycles. The van der Waals surface area contributed by atoms with Crippen LogP contribution in [0, 0.1) is 6.92 Å². The van der Waals surface area contributed by atoms with Gasteiger partial charge in [0.05, 0.1) is 17.8 Å². The van der Waals surface area contributed by atoms with Crippen LogP contribution >= 0.6 is 12.2 Å². The fourth-order valence-corrected chi connectivity index (χ4v) is 1.83. The third kappa shape index (κ3) is 2.26. The Morgan fingerprint density at radius 2 is 2.41 bits per heavy atom. The van der Waals surface area contributed by atoms with Gasteiger partial charge < -0.3 is 15.6 Å². The number of aryl methyl sites for hydroxylation is 2. The second-order valence-corrected chi connectivity index (χ2v) is 3.94. The Morgan fingerprint density at radius 3 is 3.00 bits per heavy atom. The third-order valence-electron chi connectivity index (χ3n) is 2.29. The number of hydrogen-bond donors (Lipinski definition) is 2. The summed E-state index contributed by atoms with van der Waals surface area (Å²) in [6.07, 6.45) is 1.28. The van der Waals surface area contributed by atoms with Gasteiger partial charge in [-0.15, -0.1) is 0 Å². The molecule has 0 radical (unpaired) electrons. The topological polar surface area (TPSA) is 94.8 Å². The van der Waals surface area contributed by atoms with Crippen LogP contribution in [0.4, 0.5) is 5.82 Å². The van der Waals surface area contributed by atoms with E-state index in [4.69, 9.17) is 18.0 Å². The van der Waals surface area contributed by atoms with Gasteiger partial charge in [-0.1, -0.05) is 17.4 Å². The smallest absolute Gasteiger partial charge is 0.213 e. The molecule has 90 valence electrons. The molecule has 2 rings (SSSR count). The number of nitrogens with one attached hydrogen (secondary N) is 1. The molecule has 0 spiro atoms. The lowest BCUT2D eigenvalue weighted by atomic mass is 10.2. The van der Waals surface area contributed by atoms with E-state index in [0.717, 1.165) is 17.1 Å². The Hall–Kier alpha value is -1.96. The average Bonchev–Trinajstić information content (AvgIpc) is 2.83. The monoisotopic (exact) mass is 252 g/mol. The number of nitrogens with two attached hydrogens (primary N) is 1. The highest BCUT2D eigenvalue weighted by Crippen LogP contribution is 2.18. The van der Waals surface area contributed by atoms with Crippen molar-refractivity contribution in [1.29, 1.82) is 0 Å². The zero-order chi connectivity index (χ0) is 12.4. The molecular weight excluding hydrogens is 240 g/mol. The van der Waals surface area contributed by atoms with Crippen LogP contribution < -0.4 is 11.1 Å². The SMILES string of the molecule is Cc1nn(C)c(NCc2ncon2)c1C(N)=S. The summed E-state index contributed by atoms with van der Waals surface area (Å²) in [7, 11) is 1.81. The van der Waals surface area contributed by atoms with E-state index in [1.165, 1.54) is 6.39 Å².